The molecule has 2 aromatic carbocycles. The molecular formula is C17H20ClNO3. The molecule has 4 nitrogen and oxygen atoms in total. The molecule has 118 valence electrons. The van der Waals surface area contributed by atoms with Crippen molar-refractivity contribution in [3.8, 4) is 11.5 Å². The summed E-state index contributed by atoms with van der Waals surface area (Å²) < 4.78 is 10.8. The number of hydrogen-bond acceptors (Lipinski definition) is 4. The van der Waals surface area contributed by atoms with Crippen LogP contribution in [0.3, 0.4) is 0 Å². The zero-order chi connectivity index (χ0) is 15.9. The second-order valence-electron chi connectivity index (χ2n) is 4.71. The van der Waals surface area contributed by atoms with Gasteiger partial charge in [-0.3, -0.25) is 0 Å². The summed E-state index contributed by atoms with van der Waals surface area (Å²) in [5.74, 6) is 1.17. The monoisotopic (exact) mass is 321 g/mol. The van der Waals surface area contributed by atoms with E-state index in [-0.39, 0.29) is 6.61 Å². The van der Waals surface area contributed by atoms with Crippen molar-refractivity contribution in [2.24, 2.45) is 0 Å². The molecule has 0 radical (unpaired) electrons. The Bertz CT molecular complexity index is 631. The lowest BCUT2D eigenvalue weighted by molar-refractivity contribution is 0.282. The zero-order valence-electron chi connectivity index (χ0n) is 12.7. The Morgan fingerprint density at radius 1 is 1.23 bits per heavy atom. The van der Waals surface area contributed by atoms with Gasteiger partial charge in [-0.05, 0) is 30.7 Å². The Hall–Kier alpha value is -1.91. The highest BCUT2D eigenvalue weighted by Gasteiger charge is 2.11. The van der Waals surface area contributed by atoms with Crippen LogP contribution in [-0.2, 0) is 13.2 Å². The fourth-order valence-corrected chi connectivity index (χ4v) is 2.52. The molecule has 0 spiro atoms. The molecule has 22 heavy (non-hydrogen) atoms. The first-order valence-electron chi connectivity index (χ1n) is 7.11. The van der Waals surface area contributed by atoms with Crippen LogP contribution in [0, 0.1) is 0 Å². The van der Waals surface area contributed by atoms with Crippen LogP contribution in [0.15, 0.2) is 36.4 Å². The zero-order valence-corrected chi connectivity index (χ0v) is 13.5. The summed E-state index contributed by atoms with van der Waals surface area (Å²) >= 11 is 6.24. The van der Waals surface area contributed by atoms with Gasteiger partial charge in [0, 0.05) is 17.8 Å². The number of aliphatic hydroxyl groups is 1. The first-order chi connectivity index (χ1) is 10.7. The second-order valence-corrected chi connectivity index (χ2v) is 5.12. The van der Waals surface area contributed by atoms with E-state index < -0.39 is 0 Å². The van der Waals surface area contributed by atoms with Crippen molar-refractivity contribution in [1.82, 2.24) is 0 Å². The molecule has 0 unspecified atom stereocenters. The Balaban J connectivity index is 2.19. The van der Waals surface area contributed by atoms with Crippen molar-refractivity contribution in [1.29, 1.82) is 0 Å². The Morgan fingerprint density at radius 2 is 2.00 bits per heavy atom. The normalized spacial score (nSPS) is 10.4. The van der Waals surface area contributed by atoms with Crippen LogP contribution in [0.5, 0.6) is 11.5 Å². The molecule has 0 aliphatic carbocycles. The smallest absolute Gasteiger partial charge is 0.179 e. The Kier molecular flexibility index (Phi) is 5.92. The molecule has 0 heterocycles. The number of ether oxygens (including phenoxy) is 2. The van der Waals surface area contributed by atoms with Gasteiger partial charge in [0.05, 0.1) is 25.3 Å². The summed E-state index contributed by atoms with van der Waals surface area (Å²) in [6.45, 7) is 3.02. The second kappa shape index (κ2) is 7.92. The van der Waals surface area contributed by atoms with Gasteiger partial charge in [0.2, 0.25) is 0 Å². The molecule has 2 aromatic rings. The third-order valence-electron chi connectivity index (χ3n) is 3.24. The van der Waals surface area contributed by atoms with Gasteiger partial charge < -0.3 is 19.9 Å². The number of anilines is 1. The van der Waals surface area contributed by atoms with Crippen molar-refractivity contribution in [2.75, 3.05) is 19.0 Å². The van der Waals surface area contributed by atoms with E-state index in [0.29, 0.717) is 29.7 Å². The molecule has 0 atom stereocenters. The van der Waals surface area contributed by atoms with Crippen LogP contribution in [0.4, 0.5) is 5.69 Å². The summed E-state index contributed by atoms with van der Waals surface area (Å²) in [5.41, 5.74) is 2.73. The summed E-state index contributed by atoms with van der Waals surface area (Å²) in [5, 5.41) is 13.2. The maximum Gasteiger partial charge on any atom is 0.179 e. The molecule has 0 bridgehead atoms. The van der Waals surface area contributed by atoms with Crippen molar-refractivity contribution in [3.05, 3.63) is 52.5 Å². The van der Waals surface area contributed by atoms with E-state index in [0.717, 1.165) is 16.8 Å². The average Bonchev–Trinajstić information content (AvgIpc) is 2.53. The molecule has 0 aliphatic heterocycles. The van der Waals surface area contributed by atoms with Gasteiger partial charge in [-0.15, -0.1) is 0 Å². The van der Waals surface area contributed by atoms with E-state index in [2.05, 4.69) is 5.32 Å². The van der Waals surface area contributed by atoms with Crippen LogP contribution in [0.1, 0.15) is 18.1 Å². The van der Waals surface area contributed by atoms with Crippen LogP contribution in [0.25, 0.3) is 0 Å². The SMILES string of the molecule is CCOc1cc(CNc2ccccc2CO)cc(Cl)c1OC. The minimum Gasteiger partial charge on any atom is -0.491 e. The molecule has 0 aliphatic rings. The van der Waals surface area contributed by atoms with E-state index >= 15 is 0 Å². The summed E-state index contributed by atoms with van der Waals surface area (Å²) in [6.07, 6.45) is 0. The van der Waals surface area contributed by atoms with Crippen LogP contribution in [0.2, 0.25) is 5.02 Å². The highest BCUT2D eigenvalue weighted by Crippen LogP contribution is 2.36. The minimum atomic E-state index is -0.00324. The van der Waals surface area contributed by atoms with E-state index in [9.17, 15) is 5.11 Å². The Morgan fingerprint density at radius 3 is 2.68 bits per heavy atom. The quantitative estimate of drug-likeness (QED) is 0.813. The fourth-order valence-electron chi connectivity index (χ4n) is 2.21. The molecule has 0 aromatic heterocycles. The van der Waals surface area contributed by atoms with Crippen LogP contribution < -0.4 is 14.8 Å². The highest BCUT2D eigenvalue weighted by molar-refractivity contribution is 6.32. The van der Waals surface area contributed by atoms with E-state index in [4.69, 9.17) is 21.1 Å². The predicted octanol–water partition coefficient (Wildman–Crippen LogP) is 3.85. The number of benzene rings is 2. The summed E-state index contributed by atoms with van der Waals surface area (Å²) in [6, 6.07) is 11.4. The van der Waals surface area contributed by atoms with Gasteiger partial charge in [0.1, 0.15) is 0 Å². The molecule has 0 saturated heterocycles. The van der Waals surface area contributed by atoms with Gasteiger partial charge in [0.15, 0.2) is 11.5 Å². The maximum absolute atomic E-state index is 9.34. The molecule has 2 rings (SSSR count). The van der Waals surface area contributed by atoms with Crippen LogP contribution >= 0.6 is 11.6 Å². The number of rotatable bonds is 7. The largest absolute Gasteiger partial charge is 0.491 e. The first kappa shape index (κ1) is 16.5. The standard InChI is InChI=1S/C17H20ClNO3/c1-3-22-16-9-12(8-14(18)17(16)21-2)10-19-15-7-5-4-6-13(15)11-20/h4-9,19-20H,3,10-11H2,1-2H3. The van der Waals surface area contributed by atoms with Crippen molar-refractivity contribution >= 4 is 17.3 Å². The van der Waals surface area contributed by atoms with Gasteiger partial charge in [-0.25, -0.2) is 0 Å². The van der Waals surface area contributed by atoms with Gasteiger partial charge in [-0.2, -0.15) is 0 Å². The van der Waals surface area contributed by atoms with Crippen molar-refractivity contribution in [3.63, 3.8) is 0 Å². The molecule has 2 N–H and O–H groups in total. The molecule has 5 heteroatoms. The minimum absolute atomic E-state index is 0.00324. The third-order valence-corrected chi connectivity index (χ3v) is 3.52. The van der Waals surface area contributed by atoms with E-state index in [1.54, 1.807) is 7.11 Å². The number of methoxy groups -OCH3 is 1. The fraction of sp³-hybridized carbons (Fsp3) is 0.294. The topological polar surface area (TPSA) is 50.7 Å². The lowest BCUT2D eigenvalue weighted by Crippen LogP contribution is -2.04. The molecule has 0 amide bonds. The number of nitrogens with one attached hydrogen (secondary N) is 1. The molecule has 0 fully saturated rings. The van der Waals surface area contributed by atoms with Gasteiger partial charge in [0.25, 0.3) is 0 Å². The van der Waals surface area contributed by atoms with E-state index in [1.807, 2.05) is 43.3 Å². The Labute approximate surface area is 135 Å². The number of aliphatic hydroxyl groups excluding tert-OH is 1. The predicted molar refractivity (Wildman–Crippen MR) is 88.9 cm³/mol. The van der Waals surface area contributed by atoms with Crippen LogP contribution in [-0.4, -0.2) is 18.8 Å². The maximum atomic E-state index is 9.34. The highest BCUT2D eigenvalue weighted by atomic mass is 35.5. The number of hydrogen-bond donors (Lipinski definition) is 2. The summed E-state index contributed by atoms with van der Waals surface area (Å²) in [4.78, 5) is 0. The van der Waals surface area contributed by atoms with Gasteiger partial charge >= 0.3 is 0 Å². The van der Waals surface area contributed by atoms with Crippen molar-refractivity contribution < 1.29 is 14.6 Å². The first-order valence-corrected chi connectivity index (χ1v) is 7.49. The number of halogens is 1. The molecular weight excluding hydrogens is 302 g/mol. The lowest BCUT2D eigenvalue weighted by Gasteiger charge is -2.15. The third kappa shape index (κ3) is 3.84. The lowest BCUT2D eigenvalue weighted by atomic mass is 10.1. The van der Waals surface area contributed by atoms with Crippen molar-refractivity contribution in [2.45, 2.75) is 20.1 Å². The summed E-state index contributed by atoms with van der Waals surface area (Å²) in [7, 11) is 1.57. The van der Waals surface area contributed by atoms with Gasteiger partial charge in [-0.1, -0.05) is 29.8 Å². The number of para-hydroxylation sites is 1. The average molecular weight is 322 g/mol. The van der Waals surface area contributed by atoms with E-state index in [1.165, 1.54) is 0 Å². The molecule has 0 saturated carbocycles.